The first-order valence-electron chi connectivity index (χ1n) is 18.5. The van der Waals surface area contributed by atoms with Crippen molar-refractivity contribution in [3.05, 3.63) is 187 Å². The second kappa shape index (κ2) is 11.9. The number of nitrogens with zero attached hydrogens (tertiary/aromatic N) is 3. The Balaban J connectivity index is 1.22. The van der Waals surface area contributed by atoms with Crippen LogP contribution in [0, 0.1) is 22.7 Å². The lowest BCUT2D eigenvalue weighted by Crippen LogP contribution is -1.93. The number of nitriles is 2. The van der Waals surface area contributed by atoms with Crippen molar-refractivity contribution in [2.75, 3.05) is 0 Å². The summed E-state index contributed by atoms with van der Waals surface area (Å²) in [6.07, 6.45) is 0. The maximum absolute atomic E-state index is 10.9. The van der Waals surface area contributed by atoms with Crippen LogP contribution in [0.4, 0.5) is 0 Å². The van der Waals surface area contributed by atoms with E-state index in [9.17, 15) is 10.5 Å². The van der Waals surface area contributed by atoms with E-state index in [4.69, 9.17) is 0 Å². The van der Waals surface area contributed by atoms with E-state index in [1.54, 1.807) is 0 Å². The molecule has 0 aliphatic rings. The SMILES string of the molecule is N#Cc1cc2c(cc1-c1c(-c3ccccc3)ccc3ccccc13)c1cccc3c4cc(-c5c(-c6ccccc6)ccc6ccccc56)c(C#N)cc4n2c13. The molecule has 55 heavy (non-hydrogen) atoms. The third-order valence-electron chi connectivity index (χ3n) is 11.4. The smallest absolute Gasteiger partial charge is 0.0998 e. The van der Waals surface area contributed by atoms with Crippen LogP contribution < -0.4 is 0 Å². The summed E-state index contributed by atoms with van der Waals surface area (Å²) in [5.74, 6) is 0. The van der Waals surface area contributed by atoms with Gasteiger partial charge in [-0.2, -0.15) is 10.5 Å². The molecule has 11 aromatic rings. The van der Waals surface area contributed by atoms with E-state index in [2.05, 4.69) is 180 Å². The van der Waals surface area contributed by atoms with Gasteiger partial charge in [-0.25, -0.2) is 0 Å². The summed E-state index contributed by atoms with van der Waals surface area (Å²) in [6.45, 7) is 0. The van der Waals surface area contributed by atoms with Gasteiger partial charge in [0.2, 0.25) is 0 Å². The van der Waals surface area contributed by atoms with Gasteiger partial charge < -0.3 is 4.40 Å². The molecule has 0 unspecified atom stereocenters. The third kappa shape index (κ3) is 4.48. The predicted octanol–water partition coefficient (Wildman–Crippen LogP) is 13.6. The number of aromatic nitrogens is 1. The Labute approximate surface area is 317 Å². The summed E-state index contributed by atoms with van der Waals surface area (Å²) >= 11 is 0. The first kappa shape index (κ1) is 30.9. The van der Waals surface area contributed by atoms with Crippen molar-refractivity contribution in [3.63, 3.8) is 0 Å². The first-order chi connectivity index (χ1) is 27.2. The van der Waals surface area contributed by atoms with Crippen molar-refractivity contribution >= 4 is 59.6 Å². The highest BCUT2D eigenvalue weighted by Gasteiger charge is 2.24. The molecule has 0 radical (unpaired) electrons. The lowest BCUT2D eigenvalue weighted by Gasteiger charge is -2.16. The molecular formula is C52H29N3. The molecule has 0 spiro atoms. The van der Waals surface area contributed by atoms with Crippen LogP contribution in [0.25, 0.3) is 104 Å². The number of hydrogen-bond acceptors (Lipinski definition) is 2. The van der Waals surface area contributed by atoms with Gasteiger partial charge in [-0.15, -0.1) is 0 Å². The summed E-state index contributed by atoms with van der Waals surface area (Å²) in [5, 5.41) is 30.6. The van der Waals surface area contributed by atoms with E-state index < -0.39 is 0 Å². The molecule has 0 atom stereocenters. The summed E-state index contributed by atoms with van der Waals surface area (Å²) in [7, 11) is 0. The van der Waals surface area contributed by atoms with Gasteiger partial charge in [0.05, 0.1) is 39.8 Å². The normalized spacial score (nSPS) is 11.6. The van der Waals surface area contributed by atoms with Crippen molar-refractivity contribution in [2.24, 2.45) is 0 Å². The van der Waals surface area contributed by atoms with Gasteiger partial charge >= 0.3 is 0 Å². The zero-order chi connectivity index (χ0) is 36.6. The van der Waals surface area contributed by atoms with Crippen molar-refractivity contribution in [1.29, 1.82) is 10.5 Å². The average Bonchev–Trinajstić information content (AvgIpc) is 3.76. The van der Waals surface area contributed by atoms with E-state index in [1.807, 2.05) is 12.1 Å². The monoisotopic (exact) mass is 695 g/mol. The molecule has 0 aliphatic carbocycles. The Hall–Kier alpha value is -7.72. The largest absolute Gasteiger partial charge is 0.308 e. The predicted molar refractivity (Wildman–Crippen MR) is 227 cm³/mol. The number of rotatable bonds is 4. The van der Waals surface area contributed by atoms with Gasteiger partial charge in [-0.3, -0.25) is 0 Å². The Morgan fingerprint density at radius 1 is 0.345 bits per heavy atom. The fourth-order valence-electron chi connectivity index (χ4n) is 9.01. The minimum absolute atomic E-state index is 0.607. The minimum atomic E-state index is 0.607. The van der Waals surface area contributed by atoms with Crippen molar-refractivity contribution < 1.29 is 0 Å². The van der Waals surface area contributed by atoms with E-state index >= 15 is 0 Å². The van der Waals surface area contributed by atoms with Gasteiger partial charge in [-0.05, 0) is 79.2 Å². The van der Waals surface area contributed by atoms with Gasteiger partial charge in [-0.1, -0.05) is 152 Å². The minimum Gasteiger partial charge on any atom is -0.308 e. The molecular weight excluding hydrogens is 667 g/mol. The molecule has 3 nitrogen and oxygen atoms in total. The van der Waals surface area contributed by atoms with Crippen molar-refractivity contribution in [3.8, 4) is 56.6 Å². The van der Waals surface area contributed by atoms with E-state index in [1.165, 1.54) is 0 Å². The van der Waals surface area contributed by atoms with Crippen LogP contribution in [0.1, 0.15) is 11.1 Å². The first-order valence-corrected chi connectivity index (χ1v) is 18.5. The second-order valence-electron chi connectivity index (χ2n) is 14.2. The zero-order valence-corrected chi connectivity index (χ0v) is 29.6. The summed E-state index contributed by atoms with van der Waals surface area (Å²) < 4.78 is 2.27. The fraction of sp³-hybridized carbons (Fsp3) is 0. The fourth-order valence-corrected chi connectivity index (χ4v) is 9.01. The molecule has 0 fully saturated rings. The molecule has 0 saturated carbocycles. The maximum Gasteiger partial charge on any atom is 0.0998 e. The van der Waals surface area contributed by atoms with Crippen LogP contribution in [-0.4, -0.2) is 4.40 Å². The zero-order valence-electron chi connectivity index (χ0n) is 29.6. The molecule has 252 valence electrons. The molecule has 0 bridgehead atoms. The van der Waals surface area contributed by atoms with Crippen molar-refractivity contribution in [2.45, 2.75) is 0 Å². The van der Waals surface area contributed by atoms with Gasteiger partial charge in [0.15, 0.2) is 0 Å². The Bertz CT molecular complexity index is 3210. The number of fused-ring (bicyclic) bond motifs is 8. The lowest BCUT2D eigenvalue weighted by atomic mass is 9.86. The Morgan fingerprint density at radius 2 is 0.764 bits per heavy atom. The lowest BCUT2D eigenvalue weighted by molar-refractivity contribution is 1.36. The average molecular weight is 696 g/mol. The number of para-hydroxylation sites is 1. The standard InChI is InChI=1S/C52H29N3/c53-30-36-26-48-46(28-44(36)50-38-18-9-7-16-34(38)22-24-40(50)32-12-3-1-4-13-32)42-20-11-21-43-47-29-45(37(31-54)27-49(47)55(48)52(42)43)51-39-19-10-8-17-35(39)23-25-41(51)33-14-5-2-6-15-33/h1-29H. The van der Waals surface area contributed by atoms with Gasteiger partial charge in [0, 0.05) is 32.7 Å². The van der Waals surface area contributed by atoms with Crippen LogP contribution in [0.5, 0.6) is 0 Å². The summed E-state index contributed by atoms with van der Waals surface area (Å²) in [6, 6.07) is 66.6. The summed E-state index contributed by atoms with van der Waals surface area (Å²) in [5.41, 5.74) is 12.5. The molecule has 0 aliphatic heterocycles. The molecule has 2 aromatic heterocycles. The number of hydrogen-bond donors (Lipinski definition) is 0. The molecule has 2 heterocycles. The van der Waals surface area contributed by atoms with Crippen molar-refractivity contribution in [1.82, 2.24) is 4.40 Å². The Kier molecular flexibility index (Phi) is 6.68. The van der Waals surface area contributed by atoms with Gasteiger partial charge in [0.25, 0.3) is 0 Å². The summed E-state index contributed by atoms with van der Waals surface area (Å²) in [4.78, 5) is 0. The Morgan fingerprint density at radius 3 is 1.22 bits per heavy atom. The van der Waals surface area contributed by atoms with E-state index in [0.29, 0.717) is 11.1 Å². The second-order valence-corrected chi connectivity index (χ2v) is 14.2. The van der Waals surface area contributed by atoms with Gasteiger partial charge in [0.1, 0.15) is 0 Å². The third-order valence-corrected chi connectivity index (χ3v) is 11.4. The molecule has 0 amide bonds. The van der Waals surface area contributed by atoms with Crippen LogP contribution in [0.15, 0.2) is 176 Å². The topological polar surface area (TPSA) is 52.0 Å². The van der Waals surface area contributed by atoms with Crippen LogP contribution in [0.2, 0.25) is 0 Å². The van der Waals surface area contributed by atoms with E-state index in [-0.39, 0.29) is 0 Å². The van der Waals surface area contributed by atoms with E-state index in [0.717, 1.165) is 104 Å². The molecule has 3 heteroatoms. The highest BCUT2D eigenvalue weighted by atomic mass is 14.9. The maximum atomic E-state index is 10.9. The van der Waals surface area contributed by atoms with Crippen LogP contribution in [0.3, 0.4) is 0 Å². The quantitative estimate of drug-likeness (QED) is 0.184. The van der Waals surface area contributed by atoms with Crippen LogP contribution in [-0.2, 0) is 0 Å². The molecule has 11 rings (SSSR count). The highest BCUT2D eigenvalue weighted by Crippen LogP contribution is 2.47. The molecule has 0 N–H and O–H groups in total. The van der Waals surface area contributed by atoms with Crippen LogP contribution >= 0.6 is 0 Å². The molecule has 9 aromatic carbocycles. The highest BCUT2D eigenvalue weighted by molar-refractivity contribution is 6.25. The number of benzene rings is 9. The molecule has 0 saturated heterocycles.